The van der Waals surface area contributed by atoms with E-state index in [2.05, 4.69) is 119 Å². The maximum absolute atomic E-state index is 11.6. The molecule has 7 amide bonds. The molecule has 4 aliphatic heterocycles. The summed E-state index contributed by atoms with van der Waals surface area (Å²) in [5, 5.41) is 50.6. The summed E-state index contributed by atoms with van der Waals surface area (Å²) in [6, 6.07) is 23.7. The summed E-state index contributed by atoms with van der Waals surface area (Å²) in [5.41, 5.74) is 18.0. The third-order valence-electron chi connectivity index (χ3n) is 17.7. The smallest absolute Gasteiger partial charge is 0.319 e. The summed E-state index contributed by atoms with van der Waals surface area (Å²) in [6.45, 7) is 18.3. The number of piperidine rings is 4. The minimum absolute atomic E-state index is 0.0737. The number of nitrogens with two attached hydrogens (primary N) is 3. The van der Waals surface area contributed by atoms with Crippen LogP contribution in [0, 0.1) is 0 Å². The molecule has 9 rings (SSSR count). The maximum Gasteiger partial charge on any atom is 0.319 e. The van der Waals surface area contributed by atoms with Crippen molar-refractivity contribution in [1.82, 2.24) is 113 Å². The number of nitrogens with one attached hydrogen (secondary N) is 15. The van der Waals surface area contributed by atoms with Gasteiger partial charge in [0.1, 0.15) is 13.2 Å². The van der Waals surface area contributed by atoms with Crippen LogP contribution in [0.3, 0.4) is 0 Å². The number of carbonyl (C=O) groups is 5. The fourth-order valence-corrected chi connectivity index (χ4v) is 11.9. The van der Waals surface area contributed by atoms with Crippen molar-refractivity contribution < 1.29 is 51.7 Å². The number of urea groups is 2. The van der Waals surface area contributed by atoms with E-state index >= 15 is 0 Å². The molecule has 124 heavy (non-hydrogen) atoms. The number of sulfonamides is 1. The minimum Gasteiger partial charge on any atom is -0.481 e. The molecule has 8 heterocycles. The van der Waals surface area contributed by atoms with Crippen molar-refractivity contribution in [2.24, 2.45) is 17.2 Å². The molecule has 0 spiro atoms. The molecule has 4 aromatic heterocycles. The number of ether oxygens (including phenoxy) is 3. The Morgan fingerprint density at radius 1 is 0.573 bits per heavy atom. The van der Waals surface area contributed by atoms with Gasteiger partial charge in [-0.2, -0.15) is 0 Å². The number of pyridine rings is 3. The fraction of sp³-hybridized carbons (Fsp3) is 0.639. The van der Waals surface area contributed by atoms with Gasteiger partial charge in [-0.1, -0.05) is 30.0 Å². The summed E-state index contributed by atoms with van der Waals surface area (Å²) in [6.07, 6.45) is 19.5. The highest BCUT2D eigenvalue weighted by atomic mass is 32.2. The van der Waals surface area contributed by atoms with E-state index in [0.717, 1.165) is 151 Å². The van der Waals surface area contributed by atoms with Crippen LogP contribution in [-0.2, 0) is 29.1 Å². The molecule has 39 nitrogen and oxygen atoms in total. The third kappa shape index (κ3) is 70.7. The number of aliphatic hydroxyl groups is 1. The third-order valence-corrected chi connectivity index (χ3v) is 20.1. The highest BCUT2D eigenvalue weighted by Gasteiger charge is 2.24. The van der Waals surface area contributed by atoms with Crippen LogP contribution < -0.4 is 106 Å². The molecule has 712 valence electrons. The van der Waals surface area contributed by atoms with E-state index in [4.69, 9.17) is 26.0 Å². The number of aliphatic hydroxyl groups excluding tert-OH is 1. The van der Waals surface area contributed by atoms with Crippen LogP contribution in [0.2, 0.25) is 0 Å². The summed E-state index contributed by atoms with van der Waals surface area (Å²) < 4.78 is 40.5. The molecule has 0 bridgehead atoms. The Bertz CT molecular complexity index is 3340. The largest absolute Gasteiger partial charge is 0.481 e. The summed E-state index contributed by atoms with van der Waals surface area (Å²) in [5.74, 6) is 2.27. The molecule has 1 aromatic carbocycles. The number of hydrogen-bond acceptors (Lipinski definition) is 32. The van der Waals surface area contributed by atoms with Gasteiger partial charge in [-0.3, -0.25) is 19.4 Å². The Labute approximate surface area is 747 Å². The number of aromatic nitrogens is 5. The zero-order chi connectivity index (χ0) is 93.8. The number of methoxy groups -OCH3 is 2. The summed E-state index contributed by atoms with van der Waals surface area (Å²) in [7, 11) is 30.0. The van der Waals surface area contributed by atoms with E-state index in [1.807, 2.05) is 142 Å². The number of primary amides is 1. The number of nitrogens with zero attached hydrogens (tertiary/aromatic N) is 10. The second-order valence-corrected chi connectivity index (χ2v) is 30.2. The zero-order valence-electron chi connectivity index (χ0n) is 78.3. The number of thioether (sulfide) groups is 1. The number of carbonyl (C=O) groups excluding carboxylic acids is 5. The summed E-state index contributed by atoms with van der Waals surface area (Å²) in [4.78, 5) is 83.1. The Balaban J connectivity index is -0.000000637. The average Bonchev–Trinajstić information content (AvgIpc) is 0.862. The first kappa shape index (κ1) is 122. The first-order valence-electron chi connectivity index (χ1n) is 42.0. The lowest BCUT2D eigenvalue weighted by Crippen LogP contribution is -2.47. The van der Waals surface area contributed by atoms with Gasteiger partial charge in [-0.25, -0.2) is 42.7 Å². The Morgan fingerprint density at radius 3 is 1.44 bits per heavy atom. The van der Waals surface area contributed by atoms with E-state index in [1.165, 1.54) is 33.0 Å². The van der Waals surface area contributed by atoms with Crippen LogP contribution in [0.25, 0.3) is 0 Å². The van der Waals surface area contributed by atoms with Crippen molar-refractivity contribution in [3.05, 3.63) is 110 Å². The first-order valence-corrected chi connectivity index (χ1v) is 44.4. The van der Waals surface area contributed by atoms with Crippen LogP contribution in [0.5, 0.6) is 11.8 Å². The Kier molecular flexibility index (Phi) is 83.6. The van der Waals surface area contributed by atoms with Crippen LogP contribution in [0.4, 0.5) is 26.7 Å². The van der Waals surface area contributed by atoms with Gasteiger partial charge in [-0.05, 0) is 184 Å². The van der Waals surface area contributed by atoms with Gasteiger partial charge in [0.05, 0.1) is 30.4 Å². The second-order valence-electron chi connectivity index (χ2n) is 27.4. The fourth-order valence-electron chi connectivity index (χ4n) is 10.1. The van der Waals surface area contributed by atoms with E-state index in [1.54, 1.807) is 134 Å². The van der Waals surface area contributed by atoms with E-state index < -0.39 is 22.7 Å². The van der Waals surface area contributed by atoms with Crippen LogP contribution >= 0.6 is 11.8 Å². The van der Waals surface area contributed by atoms with E-state index in [0.29, 0.717) is 61.0 Å². The number of amides is 7. The lowest BCUT2D eigenvalue weighted by Gasteiger charge is -2.33. The van der Waals surface area contributed by atoms with Crippen molar-refractivity contribution in [3.8, 4) is 11.8 Å². The van der Waals surface area contributed by atoms with Gasteiger partial charge in [-0.15, -0.1) is 0 Å². The lowest BCUT2D eigenvalue weighted by atomic mass is 10.1. The van der Waals surface area contributed by atoms with Gasteiger partial charge in [0, 0.05) is 239 Å². The standard InChI is InChI=1S/C10H17N3O.C9H19N3O.C9H14N2O2S.C8H17N3O.C8H16N2O.C7H11N3S.C7H10N2O.C6H14N2.C6H8N2.C5H12N2O2.C3H10N2.C3H8O.C2H6N2O/c1-11-9-4-5-12-10(8-9)14-7-6-13(2)3;1-10-8-4-6-12(7-5-8)9(13)11(2)3;1-10-7-8-11-14(12,13)9-5-3-2-4-6-9;1-10-7-2-4-11(5-3-7)8(12)6-9;1-7(11)10-5-3-8(9-2)4-6-10;1-8-5-6-11-7-9-3-2-4-10-7;1-8-6-3-4-7(10-2)9-5-6;2*1-7-6-2-4-8-5-3-6;1-6-2-3-7-5(9)4-8;1-5-3-2-4;1-3-4-2;1-4-2(3)5/h4-5,8H,6-7H2,1-3H3,(H,11,12);8,10H,4-7H2,1-3H3;2-6,10-11H,7-8H2,1H3;7,10H,2-6,9H2,1H3;8-9H,3-6H2,1-2H3;2-4,8H,5-6H2,1H3;3-5,8H,1-2H3;6-8H,2-5H2,1H3;2-5H,1H3,(H,7,8);6,8H,2-4H2,1H3,(H,7,9);5H,2-4H2,1H3;3H2,1-2H3;1H3,(H3,3,4,5). The number of anilines is 3. The molecular formula is C83H162N28O11S2. The summed E-state index contributed by atoms with van der Waals surface area (Å²) >= 11 is 1.66. The predicted octanol–water partition coefficient (Wildman–Crippen LogP) is 1.39. The minimum atomic E-state index is -3.32. The van der Waals surface area contributed by atoms with Gasteiger partial charge in [0.15, 0.2) is 5.16 Å². The quantitative estimate of drug-likeness (QED) is 0.0183. The number of rotatable bonds is 29. The predicted molar refractivity (Wildman–Crippen MR) is 507 cm³/mol. The van der Waals surface area contributed by atoms with E-state index in [9.17, 15) is 32.4 Å². The average molecular weight is 1790 g/mol. The van der Waals surface area contributed by atoms with Crippen LogP contribution in [-0.4, -0.2) is 381 Å². The Morgan fingerprint density at radius 2 is 1.06 bits per heavy atom. The molecule has 4 fully saturated rings. The van der Waals surface area contributed by atoms with Crippen molar-refractivity contribution in [2.45, 2.75) is 99.4 Å². The molecule has 0 radical (unpaired) electrons. The monoisotopic (exact) mass is 1790 g/mol. The van der Waals surface area contributed by atoms with Gasteiger partial charge in [0.2, 0.25) is 39.5 Å². The SMILES string of the molecule is CCOC.CNC(N)=O.CNC1CCN(C(=O)CN)CC1.CNC1CCN(C(=O)N(C)C)CC1.CNC1CCN(C(C)=O)CC1.CNC1CCNCC1.CNCCN.CNCCNC(=O)CO.CNCCNS(=O)(=O)c1ccccc1.CNCCSc1ncccn1.CNc1ccc(OC)nc1.CNc1ccnc(OCCN(C)C)c1.CNc1ccncc1. The molecular weight excluding hydrogens is 1630 g/mol. The maximum atomic E-state index is 11.6. The topological polar surface area (TPSA) is 507 Å². The van der Waals surface area contributed by atoms with Crippen LogP contribution in [0.15, 0.2) is 120 Å². The molecule has 4 saturated heterocycles. The van der Waals surface area contributed by atoms with Crippen molar-refractivity contribution in [3.63, 3.8) is 0 Å². The lowest BCUT2D eigenvalue weighted by molar-refractivity contribution is -0.131. The first-order chi connectivity index (χ1) is 59.6. The van der Waals surface area contributed by atoms with Crippen molar-refractivity contribution in [1.29, 1.82) is 0 Å². The molecule has 0 aliphatic carbocycles. The van der Waals surface area contributed by atoms with Gasteiger partial charge >= 0.3 is 12.1 Å². The molecule has 22 N–H and O–H groups in total. The van der Waals surface area contributed by atoms with Gasteiger partial charge < -0.3 is 135 Å². The molecule has 5 aromatic rings. The van der Waals surface area contributed by atoms with Gasteiger partial charge in [0.25, 0.3) is 0 Å². The Hall–Kier alpha value is -8.60. The normalized spacial score (nSPS) is 13.3. The van der Waals surface area contributed by atoms with Crippen LogP contribution in [0.1, 0.15) is 65.2 Å². The number of likely N-dealkylation sites (N-methyl/N-ethyl adjacent to an activating group) is 4. The molecule has 4 aliphatic rings. The molecule has 41 heteroatoms. The number of likely N-dealkylation sites (tertiary alicyclic amines) is 3. The highest BCUT2D eigenvalue weighted by Crippen LogP contribution is 2.16. The zero-order valence-corrected chi connectivity index (χ0v) is 79.9. The van der Waals surface area contributed by atoms with Crippen molar-refractivity contribution in [2.75, 3.05) is 280 Å². The molecule has 0 atom stereocenters. The molecule has 0 unspecified atom stereocenters. The molecule has 0 saturated carbocycles. The van der Waals surface area contributed by atoms with E-state index in [-0.39, 0.29) is 30.3 Å². The number of hydrogen-bond donors (Lipinski definition) is 19. The highest BCUT2D eigenvalue weighted by molar-refractivity contribution is 7.99. The second kappa shape index (κ2) is 85.2. The van der Waals surface area contributed by atoms with Crippen molar-refractivity contribution >= 4 is 68.6 Å². The number of benzene rings is 1.